The van der Waals surface area contributed by atoms with E-state index in [1.807, 2.05) is 26.0 Å². The van der Waals surface area contributed by atoms with Gasteiger partial charge in [0.25, 0.3) is 0 Å². The van der Waals surface area contributed by atoms with Crippen molar-refractivity contribution >= 4 is 11.2 Å². The Hall–Kier alpha value is -1.42. The molecule has 4 nitrogen and oxygen atoms in total. The summed E-state index contributed by atoms with van der Waals surface area (Å²) in [5.41, 5.74) is 1.70. The van der Waals surface area contributed by atoms with E-state index in [1.54, 1.807) is 6.20 Å². The fourth-order valence-electron chi connectivity index (χ4n) is 1.21. The fraction of sp³-hybridized carbons (Fsp3) is 0.400. The minimum atomic E-state index is 0.219. The van der Waals surface area contributed by atoms with Gasteiger partial charge in [-0.05, 0) is 26.0 Å². The standard InChI is InChI=1S/C10H13N3O/c1-7(2)14-6-9-12-8-4-3-5-11-10(8)13-9/h3-5,7H,6H2,1-2H3,(H,11,12,13). The van der Waals surface area contributed by atoms with Gasteiger partial charge in [-0.25, -0.2) is 9.97 Å². The van der Waals surface area contributed by atoms with Crippen LogP contribution in [0.15, 0.2) is 18.3 Å². The van der Waals surface area contributed by atoms with Crippen molar-refractivity contribution in [3.8, 4) is 0 Å². The van der Waals surface area contributed by atoms with Crippen LogP contribution in [0.5, 0.6) is 0 Å². The van der Waals surface area contributed by atoms with Crippen LogP contribution in [0.3, 0.4) is 0 Å². The Morgan fingerprint density at radius 1 is 1.50 bits per heavy atom. The first-order chi connectivity index (χ1) is 6.75. The van der Waals surface area contributed by atoms with Crippen LogP contribution in [0.25, 0.3) is 11.2 Å². The van der Waals surface area contributed by atoms with Crippen LogP contribution in [0.1, 0.15) is 19.7 Å². The van der Waals surface area contributed by atoms with E-state index < -0.39 is 0 Å². The Bertz CT molecular complexity index is 389. The van der Waals surface area contributed by atoms with Crippen LogP contribution in [-0.2, 0) is 11.3 Å². The molecule has 0 radical (unpaired) electrons. The quantitative estimate of drug-likeness (QED) is 0.805. The van der Waals surface area contributed by atoms with Gasteiger partial charge in [0.05, 0.1) is 11.6 Å². The molecule has 1 N–H and O–H groups in total. The maximum absolute atomic E-state index is 5.44. The molecule has 0 atom stereocenters. The highest BCUT2D eigenvalue weighted by molar-refractivity contribution is 5.69. The molecule has 2 aromatic rings. The van der Waals surface area contributed by atoms with Gasteiger partial charge in [0.15, 0.2) is 5.65 Å². The largest absolute Gasteiger partial charge is 0.371 e. The summed E-state index contributed by atoms with van der Waals surface area (Å²) in [4.78, 5) is 11.6. The number of nitrogens with one attached hydrogen (secondary N) is 1. The zero-order valence-electron chi connectivity index (χ0n) is 8.32. The van der Waals surface area contributed by atoms with E-state index in [0.717, 1.165) is 17.0 Å². The third kappa shape index (κ3) is 1.90. The number of pyridine rings is 1. The average molecular weight is 191 g/mol. The molecule has 0 bridgehead atoms. The minimum Gasteiger partial charge on any atom is -0.371 e. The lowest BCUT2D eigenvalue weighted by Gasteiger charge is -2.03. The molecular formula is C10H13N3O. The second-order valence-electron chi connectivity index (χ2n) is 3.42. The highest BCUT2D eigenvalue weighted by Crippen LogP contribution is 2.08. The smallest absolute Gasteiger partial charge is 0.177 e. The summed E-state index contributed by atoms with van der Waals surface area (Å²) in [7, 11) is 0. The molecule has 74 valence electrons. The van der Waals surface area contributed by atoms with Crippen LogP contribution in [0.2, 0.25) is 0 Å². The maximum atomic E-state index is 5.44. The van der Waals surface area contributed by atoms with Gasteiger partial charge in [-0.2, -0.15) is 0 Å². The van der Waals surface area contributed by atoms with Crippen molar-refractivity contribution in [2.45, 2.75) is 26.6 Å². The topological polar surface area (TPSA) is 50.8 Å². The normalized spacial score (nSPS) is 11.4. The zero-order chi connectivity index (χ0) is 9.97. The summed E-state index contributed by atoms with van der Waals surface area (Å²) < 4.78 is 5.44. The second-order valence-corrected chi connectivity index (χ2v) is 3.42. The van der Waals surface area contributed by atoms with Crippen molar-refractivity contribution in [1.29, 1.82) is 0 Å². The van der Waals surface area contributed by atoms with Crippen LogP contribution in [0.4, 0.5) is 0 Å². The number of rotatable bonds is 3. The van der Waals surface area contributed by atoms with Crippen molar-refractivity contribution in [3.05, 3.63) is 24.2 Å². The first-order valence-corrected chi connectivity index (χ1v) is 4.67. The summed E-state index contributed by atoms with van der Waals surface area (Å²) >= 11 is 0. The minimum absolute atomic E-state index is 0.219. The molecule has 0 amide bonds. The van der Waals surface area contributed by atoms with Crippen molar-refractivity contribution in [2.24, 2.45) is 0 Å². The number of hydrogen-bond acceptors (Lipinski definition) is 3. The fourth-order valence-corrected chi connectivity index (χ4v) is 1.21. The monoisotopic (exact) mass is 191 g/mol. The van der Waals surface area contributed by atoms with E-state index in [4.69, 9.17) is 4.74 Å². The van der Waals surface area contributed by atoms with Crippen LogP contribution >= 0.6 is 0 Å². The molecule has 0 saturated heterocycles. The SMILES string of the molecule is CC(C)OCc1nc2ncccc2[nH]1. The Balaban J connectivity index is 2.19. The number of hydrogen-bond donors (Lipinski definition) is 1. The number of aromatic amines is 1. The molecule has 0 aliphatic rings. The first-order valence-electron chi connectivity index (χ1n) is 4.67. The number of imidazole rings is 1. The van der Waals surface area contributed by atoms with Crippen LogP contribution in [-0.4, -0.2) is 21.1 Å². The molecule has 14 heavy (non-hydrogen) atoms. The summed E-state index contributed by atoms with van der Waals surface area (Å²) in [6, 6.07) is 3.84. The average Bonchev–Trinajstić information content (AvgIpc) is 2.57. The van der Waals surface area contributed by atoms with Crippen LogP contribution in [0, 0.1) is 0 Å². The van der Waals surface area contributed by atoms with Gasteiger partial charge in [0.2, 0.25) is 0 Å². The van der Waals surface area contributed by atoms with Crippen molar-refractivity contribution in [1.82, 2.24) is 15.0 Å². The predicted octanol–water partition coefficient (Wildman–Crippen LogP) is 1.88. The van der Waals surface area contributed by atoms with Crippen molar-refractivity contribution in [3.63, 3.8) is 0 Å². The Kier molecular flexibility index (Phi) is 2.45. The van der Waals surface area contributed by atoms with E-state index in [2.05, 4.69) is 15.0 Å². The molecule has 0 aromatic carbocycles. The van der Waals surface area contributed by atoms with Crippen molar-refractivity contribution < 1.29 is 4.74 Å². The highest BCUT2D eigenvalue weighted by atomic mass is 16.5. The van der Waals surface area contributed by atoms with E-state index in [-0.39, 0.29) is 6.10 Å². The van der Waals surface area contributed by atoms with E-state index in [9.17, 15) is 0 Å². The maximum Gasteiger partial charge on any atom is 0.177 e. The number of aromatic nitrogens is 3. The molecule has 2 heterocycles. The van der Waals surface area contributed by atoms with Crippen LogP contribution < -0.4 is 0 Å². The summed E-state index contributed by atoms with van der Waals surface area (Å²) in [6.07, 6.45) is 1.95. The van der Waals surface area contributed by atoms with E-state index >= 15 is 0 Å². The number of ether oxygens (including phenoxy) is 1. The molecule has 0 fully saturated rings. The highest BCUT2D eigenvalue weighted by Gasteiger charge is 2.03. The summed E-state index contributed by atoms with van der Waals surface area (Å²) in [5.74, 6) is 0.826. The van der Waals surface area contributed by atoms with Crippen molar-refractivity contribution in [2.75, 3.05) is 0 Å². The van der Waals surface area contributed by atoms with E-state index in [0.29, 0.717) is 6.61 Å². The van der Waals surface area contributed by atoms with Gasteiger partial charge in [0, 0.05) is 6.20 Å². The van der Waals surface area contributed by atoms with Gasteiger partial charge < -0.3 is 9.72 Å². The molecule has 0 saturated carbocycles. The molecule has 0 unspecified atom stereocenters. The predicted molar refractivity (Wildman–Crippen MR) is 53.8 cm³/mol. The third-order valence-electron chi connectivity index (χ3n) is 1.86. The summed E-state index contributed by atoms with van der Waals surface area (Å²) in [6.45, 7) is 4.51. The van der Waals surface area contributed by atoms with Gasteiger partial charge >= 0.3 is 0 Å². The lowest BCUT2D eigenvalue weighted by atomic mass is 10.4. The van der Waals surface area contributed by atoms with Gasteiger partial charge in [-0.3, -0.25) is 0 Å². The van der Waals surface area contributed by atoms with Gasteiger partial charge in [0.1, 0.15) is 12.4 Å². The van der Waals surface area contributed by atoms with Gasteiger partial charge in [-0.15, -0.1) is 0 Å². The van der Waals surface area contributed by atoms with Gasteiger partial charge in [-0.1, -0.05) is 0 Å². The molecule has 0 aliphatic carbocycles. The number of nitrogens with zero attached hydrogens (tertiary/aromatic N) is 2. The number of fused-ring (bicyclic) bond motifs is 1. The lowest BCUT2D eigenvalue weighted by molar-refractivity contribution is 0.0618. The molecular weight excluding hydrogens is 178 g/mol. The third-order valence-corrected chi connectivity index (χ3v) is 1.86. The number of H-pyrrole nitrogens is 1. The summed E-state index contributed by atoms with van der Waals surface area (Å²) in [5, 5.41) is 0. The van der Waals surface area contributed by atoms with E-state index in [1.165, 1.54) is 0 Å². The Labute approximate surface area is 82.3 Å². The zero-order valence-corrected chi connectivity index (χ0v) is 8.32. The Morgan fingerprint density at radius 2 is 2.36 bits per heavy atom. The Morgan fingerprint density at radius 3 is 3.07 bits per heavy atom. The molecule has 0 spiro atoms. The second kappa shape index (κ2) is 3.75. The molecule has 2 aromatic heterocycles. The molecule has 2 rings (SSSR count). The lowest BCUT2D eigenvalue weighted by Crippen LogP contribution is -2.03. The molecule has 0 aliphatic heterocycles. The molecule has 4 heteroatoms. The first kappa shape index (κ1) is 9.15.